The number of rotatable bonds is 6. The van der Waals surface area contributed by atoms with Gasteiger partial charge < -0.3 is 14.8 Å². The third-order valence-corrected chi connectivity index (χ3v) is 7.76. The maximum atomic E-state index is 13.1. The van der Waals surface area contributed by atoms with Gasteiger partial charge in [-0.15, -0.1) is 0 Å². The molecule has 7 nitrogen and oxygen atoms in total. The zero-order valence-electron chi connectivity index (χ0n) is 17.7. The molecule has 1 amide bonds. The van der Waals surface area contributed by atoms with E-state index in [1.165, 1.54) is 6.07 Å². The Morgan fingerprint density at radius 2 is 1.90 bits per heavy atom. The van der Waals surface area contributed by atoms with Crippen LogP contribution in [0.3, 0.4) is 0 Å². The lowest BCUT2D eigenvalue weighted by molar-refractivity contribution is 0.0954. The topological polar surface area (TPSA) is 84.9 Å². The van der Waals surface area contributed by atoms with Crippen LogP contribution in [0.15, 0.2) is 47.4 Å². The number of piperidine rings is 1. The van der Waals surface area contributed by atoms with Crippen molar-refractivity contribution in [2.24, 2.45) is 0 Å². The average Bonchev–Trinajstić information content (AvgIpc) is 2.79. The lowest BCUT2D eigenvalue weighted by Crippen LogP contribution is -2.42. The molecule has 31 heavy (non-hydrogen) atoms. The number of nitrogens with one attached hydrogen (secondary N) is 1. The minimum absolute atomic E-state index is 0.0257. The molecule has 0 radical (unpaired) electrons. The standard InChI is InChI=1S/C23H28N2O5S/c1-17-5-2-3-12-25(17)31(27,28)20-7-4-6-19(16-20)23(26)24-11-10-18-8-9-21-22(15-18)30-14-13-29-21/h4,6-9,15-17H,2-3,5,10-14H2,1H3,(H,24,26)/t17-/m0/s1. The van der Waals surface area contributed by atoms with Gasteiger partial charge in [0.2, 0.25) is 10.0 Å². The first-order valence-electron chi connectivity index (χ1n) is 10.7. The van der Waals surface area contributed by atoms with Gasteiger partial charge in [-0.05, 0) is 62.1 Å². The first-order valence-corrected chi connectivity index (χ1v) is 12.2. The smallest absolute Gasteiger partial charge is 0.251 e. The lowest BCUT2D eigenvalue weighted by Gasteiger charge is -2.32. The molecule has 0 spiro atoms. The van der Waals surface area contributed by atoms with Crippen LogP contribution in [0.5, 0.6) is 11.5 Å². The van der Waals surface area contributed by atoms with Crippen molar-refractivity contribution < 1.29 is 22.7 Å². The highest BCUT2D eigenvalue weighted by atomic mass is 32.2. The van der Waals surface area contributed by atoms with Crippen molar-refractivity contribution in [1.29, 1.82) is 0 Å². The molecule has 1 atom stereocenters. The number of amides is 1. The number of hydrogen-bond donors (Lipinski definition) is 1. The van der Waals surface area contributed by atoms with Gasteiger partial charge in [-0.1, -0.05) is 18.6 Å². The molecule has 0 bridgehead atoms. The van der Waals surface area contributed by atoms with Crippen molar-refractivity contribution in [3.63, 3.8) is 0 Å². The van der Waals surface area contributed by atoms with Gasteiger partial charge in [0, 0.05) is 24.7 Å². The van der Waals surface area contributed by atoms with Crippen molar-refractivity contribution in [1.82, 2.24) is 9.62 Å². The predicted octanol–water partition coefficient (Wildman–Crippen LogP) is 2.99. The Hall–Kier alpha value is -2.58. The van der Waals surface area contributed by atoms with Gasteiger partial charge in [-0.3, -0.25) is 4.79 Å². The van der Waals surface area contributed by atoms with Crippen molar-refractivity contribution in [2.45, 2.75) is 43.5 Å². The molecule has 2 aliphatic heterocycles. The summed E-state index contributed by atoms with van der Waals surface area (Å²) in [6.45, 7) is 3.97. The highest BCUT2D eigenvalue weighted by Gasteiger charge is 2.31. The summed E-state index contributed by atoms with van der Waals surface area (Å²) < 4.78 is 38.8. The first-order chi connectivity index (χ1) is 14.9. The van der Waals surface area contributed by atoms with Crippen LogP contribution in [-0.2, 0) is 16.4 Å². The predicted molar refractivity (Wildman–Crippen MR) is 117 cm³/mol. The Balaban J connectivity index is 1.39. The molecule has 1 N–H and O–H groups in total. The summed E-state index contributed by atoms with van der Waals surface area (Å²) in [5, 5.41) is 2.88. The number of fused-ring (bicyclic) bond motifs is 1. The normalized spacial score (nSPS) is 19.1. The molecule has 0 saturated carbocycles. The Kier molecular flexibility index (Phi) is 6.48. The molecule has 4 rings (SSSR count). The zero-order chi connectivity index (χ0) is 21.8. The van der Waals surface area contributed by atoms with Crippen molar-refractivity contribution in [3.05, 3.63) is 53.6 Å². The maximum absolute atomic E-state index is 13.1. The van der Waals surface area contributed by atoms with Gasteiger partial charge in [-0.25, -0.2) is 8.42 Å². The van der Waals surface area contributed by atoms with Crippen molar-refractivity contribution in [2.75, 3.05) is 26.3 Å². The summed E-state index contributed by atoms with van der Waals surface area (Å²) in [4.78, 5) is 12.8. The summed E-state index contributed by atoms with van der Waals surface area (Å²) in [5.74, 6) is 1.17. The third-order valence-electron chi connectivity index (χ3n) is 5.75. The number of benzene rings is 2. The largest absolute Gasteiger partial charge is 0.486 e. The van der Waals surface area contributed by atoms with E-state index in [2.05, 4.69) is 5.32 Å². The Labute approximate surface area is 183 Å². The molecule has 8 heteroatoms. The summed E-state index contributed by atoms with van der Waals surface area (Å²) in [6, 6.07) is 12.0. The minimum Gasteiger partial charge on any atom is -0.486 e. The second-order valence-corrected chi connectivity index (χ2v) is 9.86. The molecule has 0 aromatic heterocycles. The van der Waals surface area contributed by atoms with Crippen molar-refractivity contribution >= 4 is 15.9 Å². The van der Waals surface area contributed by atoms with Gasteiger partial charge in [0.1, 0.15) is 13.2 Å². The number of ether oxygens (including phenoxy) is 2. The quantitative estimate of drug-likeness (QED) is 0.740. The molecule has 166 valence electrons. The molecule has 2 aliphatic rings. The highest BCUT2D eigenvalue weighted by Crippen LogP contribution is 2.31. The summed E-state index contributed by atoms with van der Waals surface area (Å²) in [6.07, 6.45) is 3.40. The van der Waals surface area contributed by atoms with Crippen LogP contribution in [0.4, 0.5) is 0 Å². The number of carbonyl (C=O) groups excluding carboxylic acids is 1. The molecular formula is C23H28N2O5S. The lowest BCUT2D eigenvalue weighted by atomic mass is 10.1. The van der Waals surface area contributed by atoms with Gasteiger partial charge in [0.25, 0.3) is 5.91 Å². The monoisotopic (exact) mass is 444 g/mol. The third kappa shape index (κ3) is 4.85. The number of hydrogen-bond acceptors (Lipinski definition) is 5. The number of nitrogens with zero attached hydrogens (tertiary/aromatic N) is 1. The Bertz CT molecular complexity index is 1050. The molecule has 1 saturated heterocycles. The van der Waals surface area contributed by atoms with Gasteiger partial charge in [0.05, 0.1) is 4.90 Å². The molecule has 1 fully saturated rings. The molecular weight excluding hydrogens is 416 g/mol. The fourth-order valence-corrected chi connectivity index (χ4v) is 5.77. The number of sulfonamides is 1. The van der Waals surface area contributed by atoms with E-state index in [1.807, 2.05) is 25.1 Å². The Morgan fingerprint density at radius 3 is 2.71 bits per heavy atom. The molecule has 0 unspecified atom stereocenters. The van der Waals surface area contributed by atoms with Crippen molar-refractivity contribution in [3.8, 4) is 11.5 Å². The van der Waals surface area contributed by atoms with E-state index in [0.717, 1.165) is 36.3 Å². The van der Waals surface area contributed by atoms with E-state index in [4.69, 9.17) is 9.47 Å². The summed E-state index contributed by atoms with van der Waals surface area (Å²) in [5.41, 5.74) is 1.37. The van der Waals surface area contributed by atoms with Crippen LogP contribution in [0.1, 0.15) is 42.1 Å². The minimum atomic E-state index is -3.61. The fraction of sp³-hybridized carbons (Fsp3) is 0.435. The second-order valence-electron chi connectivity index (χ2n) is 7.97. The van der Waals surface area contributed by atoms with E-state index >= 15 is 0 Å². The first kappa shape index (κ1) is 21.6. The van der Waals surface area contributed by atoms with Crippen LogP contribution in [0.25, 0.3) is 0 Å². The number of carbonyl (C=O) groups is 1. The zero-order valence-corrected chi connectivity index (χ0v) is 18.5. The Morgan fingerprint density at radius 1 is 1.10 bits per heavy atom. The highest BCUT2D eigenvalue weighted by molar-refractivity contribution is 7.89. The summed E-state index contributed by atoms with van der Waals surface area (Å²) >= 11 is 0. The van der Waals surface area contributed by atoms with Crippen LogP contribution in [-0.4, -0.2) is 51.0 Å². The maximum Gasteiger partial charge on any atom is 0.251 e. The molecule has 2 aromatic carbocycles. The van der Waals surface area contributed by atoms with E-state index in [9.17, 15) is 13.2 Å². The molecule has 2 aromatic rings. The second kappa shape index (κ2) is 9.28. The van der Waals surface area contributed by atoms with E-state index in [0.29, 0.717) is 38.3 Å². The van der Waals surface area contributed by atoms with Crippen LogP contribution >= 0.6 is 0 Å². The van der Waals surface area contributed by atoms with E-state index < -0.39 is 10.0 Å². The van der Waals surface area contributed by atoms with Crippen LogP contribution in [0, 0.1) is 0 Å². The molecule has 0 aliphatic carbocycles. The van der Waals surface area contributed by atoms with Crippen LogP contribution in [0.2, 0.25) is 0 Å². The average molecular weight is 445 g/mol. The van der Waals surface area contributed by atoms with Gasteiger partial charge >= 0.3 is 0 Å². The van der Waals surface area contributed by atoms with Gasteiger partial charge in [-0.2, -0.15) is 4.31 Å². The SMILES string of the molecule is C[C@H]1CCCCN1S(=O)(=O)c1cccc(C(=O)NCCc2ccc3c(c2)OCCO3)c1. The molecule has 2 heterocycles. The van der Waals surface area contributed by atoms with E-state index in [-0.39, 0.29) is 16.8 Å². The fourth-order valence-electron chi connectivity index (χ4n) is 4.03. The summed E-state index contributed by atoms with van der Waals surface area (Å²) in [7, 11) is -3.61. The van der Waals surface area contributed by atoms with E-state index in [1.54, 1.807) is 22.5 Å². The van der Waals surface area contributed by atoms with Gasteiger partial charge in [0.15, 0.2) is 11.5 Å². The van der Waals surface area contributed by atoms with Crippen LogP contribution < -0.4 is 14.8 Å².